The highest BCUT2D eigenvalue weighted by Gasteiger charge is 2.31. The molecule has 4 nitrogen and oxygen atoms in total. The molecule has 1 saturated heterocycles. The molecule has 0 radical (unpaired) electrons. The predicted molar refractivity (Wildman–Crippen MR) is 65.3 cm³/mol. The molecule has 1 aliphatic heterocycles. The van der Waals surface area contributed by atoms with E-state index in [1.54, 1.807) is 0 Å². The molecule has 1 fully saturated rings. The summed E-state index contributed by atoms with van der Waals surface area (Å²) in [5, 5.41) is 2.67. The molecule has 2 rings (SSSR count). The van der Waals surface area contributed by atoms with Crippen molar-refractivity contribution in [1.29, 1.82) is 0 Å². The summed E-state index contributed by atoms with van der Waals surface area (Å²) < 4.78 is 44.9. The van der Waals surface area contributed by atoms with Crippen molar-refractivity contribution in [2.45, 2.75) is 19.2 Å². The van der Waals surface area contributed by atoms with E-state index in [1.807, 2.05) is 0 Å². The fourth-order valence-corrected chi connectivity index (χ4v) is 1.94. The van der Waals surface area contributed by atoms with Crippen LogP contribution in [0, 0.1) is 5.92 Å². The Balaban J connectivity index is 1.91. The van der Waals surface area contributed by atoms with Crippen LogP contribution in [-0.2, 0) is 9.53 Å². The van der Waals surface area contributed by atoms with Gasteiger partial charge in [-0.3, -0.25) is 4.79 Å². The first-order valence-electron chi connectivity index (χ1n) is 6.18. The van der Waals surface area contributed by atoms with Crippen molar-refractivity contribution in [3.05, 3.63) is 24.3 Å². The molecule has 1 heterocycles. The summed E-state index contributed by atoms with van der Waals surface area (Å²) in [5.41, 5.74) is 0.441. The van der Waals surface area contributed by atoms with Gasteiger partial charge in [0, 0.05) is 24.8 Å². The van der Waals surface area contributed by atoms with Gasteiger partial charge in [0.25, 0.3) is 0 Å². The number of rotatable bonds is 3. The van der Waals surface area contributed by atoms with Crippen LogP contribution in [0.4, 0.5) is 18.9 Å². The Morgan fingerprint density at radius 1 is 1.20 bits per heavy atom. The molecule has 0 unspecified atom stereocenters. The lowest BCUT2D eigenvalue weighted by atomic mass is 9.99. The molecule has 20 heavy (non-hydrogen) atoms. The summed E-state index contributed by atoms with van der Waals surface area (Å²) in [6.07, 6.45) is -3.41. The number of halogens is 3. The number of hydrogen-bond acceptors (Lipinski definition) is 3. The number of anilines is 1. The van der Waals surface area contributed by atoms with E-state index >= 15 is 0 Å². The van der Waals surface area contributed by atoms with E-state index in [9.17, 15) is 18.0 Å². The Hall–Kier alpha value is -1.76. The van der Waals surface area contributed by atoms with Crippen molar-refractivity contribution in [3.8, 4) is 5.75 Å². The maximum absolute atomic E-state index is 12.0. The van der Waals surface area contributed by atoms with Crippen LogP contribution in [0.15, 0.2) is 24.3 Å². The Morgan fingerprint density at radius 2 is 1.80 bits per heavy atom. The summed E-state index contributed by atoms with van der Waals surface area (Å²) in [5.74, 6) is -0.575. The van der Waals surface area contributed by atoms with Gasteiger partial charge in [0.2, 0.25) is 5.91 Å². The minimum atomic E-state index is -4.72. The second kappa shape index (κ2) is 6.13. The van der Waals surface area contributed by atoms with Crippen molar-refractivity contribution in [3.63, 3.8) is 0 Å². The third kappa shape index (κ3) is 4.41. The first kappa shape index (κ1) is 14.6. The molecule has 1 aromatic rings. The third-order valence-electron chi connectivity index (χ3n) is 2.95. The van der Waals surface area contributed by atoms with Gasteiger partial charge in [0.05, 0.1) is 0 Å². The van der Waals surface area contributed by atoms with Gasteiger partial charge in [-0.2, -0.15) is 0 Å². The molecule has 1 N–H and O–H groups in total. The number of amides is 1. The average Bonchev–Trinajstić information content (AvgIpc) is 2.40. The first-order valence-corrected chi connectivity index (χ1v) is 6.18. The number of benzene rings is 1. The van der Waals surface area contributed by atoms with Gasteiger partial charge in [-0.15, -0.1) is 13.2 Å². The summed E-state index contributed by atoms with van der Waals surface area (Å²) in [6.45, 7) is 1.10. The minimum absolute atomic E-state index is 0.116. The van der Waals surface area contributed by atoms with Crippen molar-refractivity contribution < 1.29 is 27.4 Å². The van der Waals surface area contributed by atoms with Gasteiger partial charge < -0.3 is 14.8 Å². The molecule has 0 spiro atoms. The molecule has 0 aromatic heterocycles. The summed E-state index contributed by atoms with van der Waals surface area (Å²) in [6, 6.07) is 5.07. The van der Waals surface area contributed by atoms with Gasteiger partial charge in [0.1, 0.15) is 5.75 Å². The summed E-state index contributed by atoms with van der Waals surface area (Å²) in [4.78, 5) is 11.9. The van der Waals surface area contributed by atoms with Crippen LogP contribution in [0.1, 0.15) is 12.8 Å². The fourth-order valence-electron chi connectivity index (χ4n) is 1.94. The van der Waals surface area contributed by atoms with Crippen molar-refractivity contribution in [2.24, 2.45) is 5.92 Å². The summed E-state index contributed by atoms with van der Waals surface area (Å²) >= 11 is 0. The Morgan fingerprint density at radius 3 is 2.35 bits per heavy atom. The number of ether oxygens (including phenoxy) is 2. The minimum Gasteiger partial charge on any atom is -0.406 e. The molecule has 7 heteroatoms. The number of carbonyl (C=O) groups excluding carboxylic acids is 1. The molecule has 1 aliphatic rings. The zero-order chi connectivity index (χ0) is 14.6. The molecule has 1 amide bonds. The Labute approximate surface area is 113 Å². The van der Waals surface area contributed by atoms with E-state index in [0.29, 0.717) is 31.7 Å². The average molecular weight is 289 g/mol. The molecule has 0 atom stereocenters. The number of nitrogens with one attached hydrogen (secondary N) is 1. The maximum atomic E-state index is 12.0. The number of hydrogen-bond donors (Lipinski definition) is 1. The highest BCUT2D eigenvalue weighted by molar-refractivity contribution is 5.92. The van der Waals surface area contributed by atoms with Crippen LogP contribution in [0.25, 0.3) is 0 Å². The lowest BCUT2D eigenvalue weighted by Crippen LogP contribution is -2.28. The van der Waals surface area contributed by atoms with Crippen molar-refractivity contribution >= 4 is 11.6 Å². The van der Waals surface area contributed by atoms with Crippen LogP contribution >= 0.6 is 0 Å². The lowest BCUT2D eigenvalue weighted by Gasteiger charge is -2.21. The van der Waals surface area contributed by atoms with E-state index in [0.717, 1.165) is 12.1 Å². The molecule has 0 bridgehead atoms. The smallest absolute Gasteiger partial charge is 0.406 e. The highest BCUT2D eigenvalue weighted by atomic mass is 19.4. The van der Waals surface area contributed by atoms with E-state index in [4.69, 9.17) is 4.74 Å². The van der Waals surface area contributed by atoms with Gasteiger partial charge in [-0.25, -0.2) is 0 Å². The molecule has 0 saturated carbocycles. The largest absolute Gasteiger partial charge is 0.573 e. The Kier molecular flexibility index (Phi) is 4.49. The molecule has 1 aromatic carbocycles. The first-order chi connectivity index (χ1) is 9.44. The molecule has 110 valence electrons. The summed E-state index contributed by atoms with van der Waals surface area (Å²) in [7, 11) is 0. The Bertz CT molecular complexity index is 453. The zero-order valence-corrected chi connectivity index (χ0v) is 10.6. The number of alkyl halides is 3. The SMILES string of the molecule is O=C(Nc1ccc(OC(F)(F)F)cc1)C1CCOCC1. The van der Waals surface area contributed by atoms with Crippen LogP contribution in [0.2, 0.25) is 0 Å². The van der Waals surface area contributed by atoms with Crippen LogP contribution < -0.4 is 10.1 Å². The van der Waals surface area contributed by atoms with Crippen molar-refractivity contribution in [1.82, 2.24) is 0 Å². The van der Waals surface area contributed by atoms with E-state index in [-0.39, 0.29) is 17.6 Å². The molecule has 0 aliphatic carbocycles. The van der Waals surface area contributed by atoms with E-state index < -0.39 is 6.36 Å². The van der Waals surface area contributed by atoms with Crippen LogP contribution in [-0.4, -0.2) is 25.5 Å². The lowest BCUT2D eigenvalue weighted by molar-refractivity contribution is -0.274. The van der Waals surface area contributed by atoms with Crippen LogP contribution in [0.3, 0.4) is 0 Å². The maximum Gasteiger partial charge on any atom is 0.573 e. The normalized spacial score (nSPS) is 16.8. The van der Waals surface area contributed by atoms with Gasteiger partial charge >= 0.3 is 6.36 Å². The second-order valence-electron chi connectivity index (χ2n) is 4.45. The quantitative estimate of drug-likeness (QED) is 0.930. The second-order valence-corrected chi connectivity index (χ2v) is 4.45. The topological polar surface area (TPSA) is 47.6 Å². The van der Waals surface area contributed by atoms with Crippen molar-refractivity contribution in [2.75, 3.05) is 18.5 Å². The standard InChI is InChI=1S/C13H14F3NO3/c14-13(15,16)20-11-3-1-10(2-4-11)17-12(18)9-5-7-19-8-6-9/h1-4,9H,5-8H2,(H,17,18). The number of carbonyl (C=O) groups is 1. The third-order valence-corrected chi connectivity index (χ3v) is 2.95. The molecular formula is C13H14F3NO3. The monoisotopic (exact) mass is 289 g/mol. The highest BCUT2D eigenvalue weighted by Crippen LogP contribution is 2.24. The zero-order valence-electron chi connectivity index (χ0n) is 10.6. The van der Waals surface area contributed by atoms with Gasteiger partial charge in [0.15, 0.2) is 0 Å². The predicted octanol–water partition coefficient (Wildman–Crippen LogP) is 2.95. The van der Waals surface area contributed by atoms with E-state index in [1.165, 1.54) is 12.1 Å². The van der Waals surface area contributed by atoms with Gasteiger partial charge in [-0.1, -0.05) is 0 Å². The fraction of sp³-hybridized carbons (Fsp3) is 0.462. The van der Waals surface area contributed by atoms with E-state index in [2.05, 4.69) is 10.1 Å². The molecular weight excluding hydrogens is 275 g/mol. The van der Waals surface area contributed by atoms with Crippen LogP contribution in [0.5, 0.6) is 5.75 Å². The van der Waals surface area contributed by atoms with Gasteiger partial charge in [-0.05, 0) is 37.1 Å².